The lowest BCUT2D eigenvalue weighted by molar-refractivity contribution is -0.145. The van der Waals surface area contributed by atoms with E-state index in [4.69, 9.17) is 4.74 Å². The first-order valence-corrected chi connectivity index (χ1v) is 5.35. The van der Waals surface area contributed by atoms with Crippen molar-refractivity contribution in [2.45, 2.75) is 19.3 Å². The lowest BCUT2D eigenvalue weighted by atomic mass is 9.89. The monoisotopic (exact) mass is 218 g/mol. The van der Waals surface area contributed by atoms with Gasteiger partial charge in [0.2, 0.25) is 0 Å². The van der Waals surface area contributed by atoms with Crippen molar-refractivity contribution < 1.29 is 9.53 Å². The van der Waals surface area contributed by atoms with Crippen LogP contribution in [0.5, 0.6) is 0 Å². The average molecular weight is 218 g/mol. The molecule has 1 aliphatic carbocycles. The Balaban J connectivity index is 2.07. The summed E-state index contributed by atoms with van der Waals surface area (Å²) >= 11 is 0. The van der Waals surface area contributed by atoms with Crippen LogP contribution in [0.15, 0.2) is 24.5 Å². The third kappa shape index (κ3) is 2.27. The van der Waals surface area contributed by atoms with E-state index in [0.29, 0.717) is 0 Å². The van der Waals surface area contributed by atoms with Crippen LogP contribution in [0.25, 0.3) is 5.57 Å². The van der Waals surface area contributed by atoms with Gasteiger partial charge in [-0.1, -0.05) is 6.08 Å². The van der Waals surface area contributed by atoms with Gasteiger partial charge in [-0.2, -0.15) is 0 Å². The van der Waals surface area contributed by atoms with Crippen molar-refractivity contribution in [3.63, 3.8) is 0 Å². The van der Waals surface area contributed by atoms with E-state index in [0.717, 1.165) is 30.7 Å². The molecule has 1 aliphatic rings. The van der Waals surface area contributed by atoms with Gasteiger partial charge in [-0.25, -0.2) is 9.97 Å². The van der Waals surface area contributed by atoms with E-state index < -0.39 is 0 Å². The Morgan fingerprint density at radius 2 is 2.19 bits per heavy atom. The highest BCUT2D eigenvalue weighted by Gasteiger charge is 2.23. The fourth-order valence-corrected chi connectivity index (χ4v) is 1.88. The van der Waals surface area contributed by atoms with E-state index in [1.54, 1.807) is 18.5 Å². The van der Waals surface area contributed by atoms with Crippen LogP contribution in [-0.2, 0) is 9.53 Å². The molecule has 0 radical (unpaired) electrons. The molecule has 0 spiro atoms. The minimum atomic E-state index is -0.121. The maximum absolute atomic E-state index is 11.3. The molecule has 4 heteroatoms. The molecule has 1 atom stereocenters. The zero-order valence-corrected chi connectivity index (χ0v) is 9.22. The first kappa shape index (κ1) is 10.8. The van der Waals surface area contributed by atoms with Crippen molar-refractivity contribution >= 4 is 11.5 Å². The van der Waals surface area contributed by atoms with Crippen LogP contribution in [0.4, 0.5) is 0 Å². The molecule has 0 aliphatic heterocycles. The van der Waals surface area contributed by atoms with E-state index >= 15 is 0 Å². The molecule has 0 N–H and O–H groups in total. The van der Waals surface area contributed by atoms with Gasteiger partial charge in [0.1, 0.15) is 0 Å². The molecule has 0 amide bonds. The Kier molecular flexibility index (Phi) is 3.29. The Morgan fingerprint density at radius 3 is 2.75 bits per heavy atom. The number of carbonyl (C=O) groups is 1. The van der Waals surface area contributed by atoms with E-state index in [9.17, 15) is 4.79 Å². The van der Waals surface area contributed by atoms with Gasteiger partial charge in [-0.3, -0.25) is 4.79 Å². The van der Waals surface area contributed by atoms with Gasteiger partial charge in [0.15, 0.2) is 5.82 Å². The molecule has 4 nitrogen and oxygen atoms in total. The molecular weight excluding hydrogens is 204 g/mol. The Labute approximate surface area is 94.4 Å². The number of hydrogen-bond donors (Lipinski definition) is 0. The van der Waals surface area contributed by atoms with Gasteiger partial charge in [-0.15, -0.1) is 0 Å². The molecule has 1 heterocycles. The Morgan fingerprint density at radius 1 is 1.44 bits per heavy atom. The summed E-state index contributed by atoms with van der Waals surface area (Å²) in [5.74, 6) is 0.646. The number of carbonyl (C=O) groups excluding carboxylic acids is 1. The summed E-state index contributed by atoms with van der Waals surface area (Å²) in [6.45, 7) is 0. The van der Waals surface area contributed by atoms with Crippen LogP contribution < -0.4 is 0 Å². The van der Waals surface area contributed by atoms with Crippen LogP contribution in [0, 0.1) is 5.92 Å². The van der Waals surface area contributed by atoms with E-state index in [1.807, 2.05) is 6.08 Å². The van der Waals surface area contributed by atoms with Gasteiger partial charge in [0.25, 0.3) is 0 Å². The summed E-state index contributed by atoms with van der Waals surface area (Å²) in [6.07, 6.45) is 7.88. The van der Waals surface area contributed by atoms with Crippen LogP contribution in [0.2, 0.25) is 0 Å². The molecular formula is C12H14N2O2. The smallest absolute Gasteiger partial charge is 0.308 e. The first-order chi connectivity index (χ1) is 7.81. The molecule has 1 aromatic heterocycles. The highest BCUT2D eigenvalue weighted by molar-refractivity contribution is 5.74. The minimum absolute atomic E-state index is 0.00235. The molecule has 0 saturated carbocycles. The maximum atomic E-state index is 11.3. The molecule has 1 aromatic rings. The predicted molar refractivity (Wildman–Crippen MR) is 59.4 cm³/mol. The highest BCUT2D eigenvalue weighted by Crippen LogP contribution is 2.28. The standard InChI is InChI=1S/C12H14N2O2/c1-16-12(15)10-5-3-9(4-6-10)11-13-7-2-8-14-11/h2-3,7-8,10H,4-6H2,1H3. The third-order valence-electron chi connectivity index (χ3n) is 2.80. The Bertz CT molecular complexity index is 401. The average Bonchev–Trinajstić information content (AvgIpc) is 2.39. The summed E-state index contributed by atoms with van der Waals surface area (Å²) in [4.78, 5) is 19.7. The number of esters is 1. The van der Waals surface area contributed by atoms with Crippen LogP contribution in [-0.4, -0.2) is 23.0 Å². The highest BCUT2D eigenvalue weighted by atomic mass is 16.5. The van der Waals surface area contributed by atoms with Crippen molar-refractivity contribution in [2.75, 3.05) is 7.11 Å². The second-order valence-electron chi connectivity index (χ2n) is 3.80. The van der Waals surface area contributed by atoms with E-state index in [2.05, 4.69) is 9.97 Å². The van der Waals surface area contributed by atoms with Gasteiger partial charge in [-0.05, 0) is 30.9 Å². The number of aromatic nitrogens is 2. The number of hydrogen-bond acceptors (Lipinski definition) is 4. The molecule has 84 valence electrons. The summed E-state index contributed by atoms with van der Waals surface area (Å²) < 4.78 is 4.73. The molecule has 16 heavy (non-hydrogen) atoms. The van der Waals surface area contributed by atoms with Crippen molar-refractivity contribution in [3.8, 4) is 0 Å². The number of nitrogens with zero attached hydrogens (tertiary/aromatic N) is 2. The van der Waals surface area contributed by atoms with Crippen molar-refractivity contribution in [1.82, 2.24) is 9.97 Å². The lowest BCUT2D eigenvalue weighted by Gasteiger charge is -2.18. The van der Waals surface area contributed by atoms with Gasteiger partial charge in [0.05, 0.1) is 13.0 Å². The molecule has 0 aromatic carbocycles. The summed E-state index contributed by atoms with van der Waals surface area (Å²) in [5.41, 5.74) is 1.13. The maximum Gasteiger partial charge on any atom is 0.308 e. The number of methoxy groups -OCH3 is 1. The lowest BCUT2D eigenvalue weighted by Crippen LogP contribution is -2.18. The second-order valence-corrected chi connectivity index (χ2v) is 3.80. The fourth-order valence-electron chi connectivity index (χ4n) is 1.88. The minimum Gasteiger partial charge on any atom is -0.469 e. The normalized spacial score (nSPS) is 20.1. The van der Waals surface area contributed by atoms with Crippen molar-refractivity contribution in [1.29, 1.82) is 0 Å². The molecule has 0 fully saturated rings. The van der Waals surface area contributed by atoms with E-state index in [-0.39, 0.29) is 11.9 Å². The zero-order chi connectivity index (χ0) is 11.4. The van der Waals surface area contributed by atoms with Crippen molar-refractivity contribution in [2.24, 2.45) is 5.92 Å². The predicted octanol–water partition coefficient (Wildman–Crippen LogP) is 1.83. The number of rotatable bonds is 2. The number of allylic oxidation sites excluding steroid dienone is 2. The molecule has 2 rings (SSSR count). The summed E-state index contributed by atoms with van der Waals surface area (Å²) in [7, 11) is 1.43. The first-order valence-electron chi connectivity index (χ1n) is 5.35. The van der Waals surface area contributed by atoms with Gasteiger partial charge >= 0.3 is 5.97 Å². The molecule has 1 unspecified atom stereocenters. The van der Waals surface area contributed by atoms with Gasteiger partial charge in [0, 0.05) is 12.4 Å². The largest absolute Gasteiger partial charge is 0.469 e. The van der Waals surface area contributed by atoms with Gasteiger partial charge < -0.3 is 4.74 Å². The van der Waals surface area contributed by atoms with Crippen LogP contribution >= 0.6 is 0 Å². The number of ether oxygens (including phenoxy) is 1. The Hall–Kier alpha value is -1.71. The van der Waals surface area contributed by atoms with Crippen LogP contribution in [0.1, 0.15) is 25.1 Å². The summed E-state index contributed by atoms with van der Waals surface area (Å²) in [6, 6.07) is 1.80. The quantitative estimate of drug-likeness (QED) is 0.711. The SMILES string of the molecule is COC(=O)C1CC=C(c2ncccn2)CC1. The molecule has 0 bridgehead atoms. The zero-order valence-electron chi connectivity index (χ0n) is 9.22. The fraction of sp³-hybridized carbons (Fsp3) is 0.417. The second kappa shape index (κ2) is 4.88. The molecule has 0 saturated heterocycles. The summed E-state index contributed by atoms with van der Waals surface area (Å²) in [5, 5.41) is 0. The van der Waals surface area contributed by atoms with Crippen molar-refractivity contribution in [3.05, 3.63) is 30.4 Å². The third-order valence-corrected chi connectivity index (χ3v) is 2.80. The topological polar surface area (TPSA) is 52.1 Å². The van der Waals surface area contributed by atoms with E-state index in [1.165, 1.54) is 7.11 Å². The van der Waals surface area contributed by atoms with Crippen LogP contribution in [0.3, 0.4) is 0 Å².